The molecule has 0 atom stereocenters. The minimum Gasteiger partial charge on any atom is -0.352 e. The number of nitro groups is 2. The summed E-state index contributed by atoms with van der Waals surface area (Å²) in [6.45, 7) is 3.98. The summed E-state index contributed by atoms with van der Waals surface area (Å²) in [5, 5.41) is 35.5. The summed E-state index contributed by atoms with van der Waals surface area (Å²) in [6.07, 6.45) is 0.341. The van der Waals surface area contributed by atoms with E-state index < -0.39 is 27.1 Å². The molecule has 132 valence electrons. The Balaban J connectivity index is 2.09. The lowest BCUT2D eigenvalue weighted by Gasteiger charge is -2.08. The number of aromatic nitrogens is 4. The lowest BCUT2D eigenvalue weighted by atomic mass is 10.1. The molecule has 0 spiro atoms. The molecule has 1 amide bonds. The molecule has 0 bridgehead atoms. The maximum absolute atomic E-state index is 12.1. The molecule has 2 rings (SSSR count). The van der Waals surface area contributed by atoms with Gasteiger partial charge in [-0.2, -0.15) is 0 Å². The topological polar surface area (TPSA) is 159 Å². The second-order valence-electron chi connectivity index (χ2n) is 5.39. The molecule has 12 nitrogen and oxygen atoms in total. The van der Waals surface area contributed by atoms with Gasteiger partial charge in [0.15, 0.2) is 5.82 Å². The van der Waals surface area contributed by atoms with Crippen LogP contribution in [-0.4, -0.2) is 42.5 Å². The zero-order valence-corrected chi connectivity index (χ0v) is 13.4. The van der Waals surface area contributed by atoms with Gasteiger partial charge in [0.25, 0.3) is 17.3 Å². The van der Waals surface area contributed by atoms with Crippen molar-refractivity contribution in [2.45, 2.75) is 26.3 Å². The molecule has 0 saturated heterocycles. The van der Waals surface area contributed by atoms with Gasteiger partial charge in [0.2, 0.25) is 0 Å². The lowest BCUT2D eigenvalue weighted by molar-refractivity contribution is -0.394. The average molecular weight is 349 g/mol. The first-order valence-corrected chi connectivity index (χ1v) is 7.28. The molecule has 0 aliphatic heterocycles. The average Bonchev–Trinajstić information content (AvgIpc) is 3.03. The van der Waals surface area contributed by atoms with Crippen molar-refractivity contribution >= 4 is 17.3 Å². The molecule has 0 radical (unpaired) electrons. The first kappa shape index (κ1) is 17.9. The van der Waals surface area contributed by atoms with E-state index in [0.717, 1.165) is 18.2 Å². The van der Waals surface area contributed by atoms with Gasteiger partial charge in [-0.1, -0.05) is 0 Å². The Bertz CT molecular complexity index is 785. The highest BCUT2D eigenvalue weighted by Crippen LogP contribution is 2.22. The van der Waals surface area contributed by atoms with Crippen molar-refractivity contribution in [1.82, 2.24) is 25.5 Å². The second kappa shape index (κ2) is 7.42. The van der Waals surface area contributed by atoms with E-state index in [2.05, 4.69) is 20.8 Å². The number of carbonyl (C=O) groups excluding carboxylic acids is 1. The monoisotopic (exact) mass is 349 g/mol. The quantitative estimate of drug-likeness (QED) is 0.573. The number of tetrazole rings is 1. The number of benzene rings is 1. The Kier molecular flexibility index (Phi) is 5.31. The van der Waals surface area contributed by atoms with E-state index in [1.54, 1.807) is 4.68 Å². The predicted molar refractivity (Wildman–Crippen MR) is 84.0 cm³/mol. The second-order valence-corrected chi connectivity index (χ2v) is 5.39. The van der Waals surface area contributed by atoms with Crippen LogP contribution in [-0.2, 0) is 6.42 Å². The molecular formula is C13H15N7O5. The molecule has 0 unspecified atom stereocenters. The first-order valence-electron chi connectivity index (χ1n) is 7.28. The van der Waals surface area contributed by atoms with E-state index in [0.29, 0.717) is 12.2 Å². The van der Waals surface area contributed by atoms with Gasteiger partial charge in [0, 0.05) is 25.1 Å². The fourth-order valence-corrected chi connectivity index (χ4v) is 2.11. The molecule has 1 N–H and O–H groups in total. The summed E-state index contributed by atoms with van der Waals surface area (Å²) in [4.78, 5) is 32.2. The standard InChI is InChI=1S/C13H15N7O5/c1-8(2)18-12(15-16-17-18)3-4-14-13(21)9-5-10(19(22)23)7-11(6-9)20(24)25/h5-8H,3-4H2,1-2H3,(H,14,21). The van der Waals surface area contributed by atoms with Gasteiger partial charge < -0.3 is 5.32 Å². The molecule has 0 saturated carbocycles. The number of hydrogen-bond acceptors (Lipinski definition) is 8. The third-order valence-corrected chi connectivity index (χ3v) is 3.27. The summed E-state index contributed by atoms with van der Waals surface area (Å²) < 4.78 is 1.60. The number of amides is 1. The summed E-state index contributed by atoms with van der Waals surface area (Å²) in [7, 11) is 0. The zero-order valence-electron chi connectivity index (χ0n) is 13.4. The van der Waals surface area contributed by atoms with Crippen molar-refractivity contribution in [2.24, 2.45) is 0 Å². The Morgan fingerprint density at radius 1 is 1.20 bits per heavy atom. The number of nitrogens with zero attached hydrogens (tertiary/aromatic N) is 6. The highest BCUT2D eigenvalue weighted by molar-refractivity contribution is 5.95. The van der Waals surface area contributed by atoms with Gasteiger partial charge >= 0.3 is 0 Å². The minimum atomic E-state index is -0.791. The van der Waals surface area contributed by atoms with Crippen LogP contribution in [0.1, 0.15) is 36.1 Å². The van der Waals surface area contributed by atoms with Crippen LogP contribution >= 0.6 is 0 Å². The van der Waals surface area contributed by atoms with Crippen LogP contribution in [0.3, 0.4) is 0 Å². The molecule has 1 aromatic carbocycles. The molecule has 0 fully saturated rings. The Hall–Kier alpha value is -3.44. The predicted octanol–water partition coefficient (Wildman–Crippen LogP) is 1.04. The van der Waals surface area contributed by atoms with E-state index in [1.807, 2.05) is 13.8 Å². The zero-order chi connectivity index (χ0) is 18.6. The SMILES string of the molecule is CC(C)n1nnnc1CCNC(=O)c1cc([N+](=O)[O-])cc([N+](=O)[O-])c1. The van der Waals surface area contributed by atoms with Crippen LogP contribution in [0.2, 0.25) is 0 Å². The number of nitrogens with one attached hydrogen (secondary N) is 1. The van der Waals surface area contributed by atoms with Crippen molar-refractivity contribution in [3.8, 4) is 0 Å². The summed E-state index contributed by atoms with van der Waals surface area (Å²) in [6, 6.07) is 2.83. The fourth-order valence-electron chi connectivity index (χ4n) is 2.11. The molecule has 25 heavy (non-hydrogen) atoms. The fraction of sp³-hybridized carbons (Fsp3) is 0.385. The highest BCUT2D eigenvalue weighted by Gasteiger charge is 2.20. The highest BCUT2D eigenvalue weighted by atomic mass is 16.6. The van der Waals surface area contributed by atoms with Crippen LogP contribution in [0.15, 0.2) is 18.2 Å². The van der Waals surface area contributed by atoms with E-state index in [1.165, 1.54) is 0 Å². The summed E-state index contributed by atoms with van der Waals surface area (Å²) in [5.41, 5.74) is -1.21. The van der Waals surface area contributed by atoms with Crippen LogP contribution in [0.25, 0.3) is 0 Å². The maximum Gasteiger partial charge on any atom is 0.277 e. The van der Waals surface area contributed by atoms with Crippen LogP contribution in [0.4, 0.5) is 11.4 Å². The van der Waals surface area contributed by atoms with Gasteiger partial charge in [0.05, 0.1) is 27.5 Å². The largest absolute Gasteiger partial charge is 0.352 e. The van der Waals surface area contributed by atoms with Crippen molar-refractivity contribution in [3.05, 3.63) is 49.8 Å². The molecule has 0 aliphatic carbocycles. The van der Waals surface area contributed by atoms with Crippen LogP contribution in [0.5, 0.6) is 0 Å². The van der Waals surface area contributed by atoms with Crippen molar-refractivity contribution in [2.75, 3.05) is 6.54 Å². The number of hydrogen-bond donors (Lipinski definition) is 1. The van der Waals surface area contributed by atoms with Crippen molar-refractivity contribution in [3.63, 3.8) is 0 Å². The van der Waals surface area contributed by atoms with Crippen molar-refractivity contribution < 1.29 is 14.6 Å². The Morgan fingerprint density at radius 3 is 2.32 bits per heavy atom. The van der Waals surface area contributed by atoms with E-state index >= 15 is 0 Å². The van der Waals surface area contributed by atoms with Gasteiger partial charge in [0.1, 0.15) is 0 Å². The lowest BCUT2D eigenvalue weighted by Crippen LogP contribution is -2.27. The third kappa shape index (κ3) is 4.31. The third-order valence-electron chi connectivity index (χ3n) is 3.27. The van der Waals surface area contributed by atoms with Gasteiger partial charge in [-0.15, -0.1) is 5.10 Å². The van der Waals surface area contributed by atoms with Gasteiger partial charge in [-0.25, -0.2) is 4.68 Å². The smallest absolute Gasteiger partial charge is 0.277 e. The maximum atomic E-state index is 12.1. The number of nitro benzene ring substituents is 2. The Labute approximate surface area is 141 Å². The van der Waals surface area contributed by atoms with E-state index in [4.69, 9.17) is 0 Å². The van der Waals surface area contributed by atoms with Crippen LogP contribution < -0.4 is 5.32 Å². The molecule has 1 heterocycles. The summed E-state index contributed by atoms with van der Waals surface area (Å²) >= 11 is 0. The van der Waals surface area contributed by atoms with Gasteiger partial charge in [-0.05, 0) is 24.3 Å². The summed E-state index contributed by atoms with van der Waals surface area (Å²) in [5.74, 6) is -0.0873. The van der Waals surface area contributed by atoms with Crippen molar-refractivity contribution in [1.29, 1.82) is 0 Å². The van der Waals surface area contributed by atoms with E-state index in [-0.39, 0.29) is 18.2 Å². The van der Waals surface area contributed by atoms with E-state index in [9.17, 15) is 25.0 Å². The molecule has 2 aromatic rings. The molecule has 12 heteroatoms. The van der Waals surface area contributed by atoms with Gasteiger partial charge in [-0.3, -0.25) is 25.0 Å². The normalized spacial score (nSPS) is 10.7. The van der Waals surface area contributed by atoms with Crippen LogP contribution in [0, 0.1) is 20.2 Å². The number of carbonyl (C=O) groups is 1. The molecule has 1 aromatic heterocycles. The number of non-ortho nitro benzene ring substituents is 2. The number of rotatable bonds is 7. The molecule has 0 aliphatic rings. The Morgan fingerprint density at radius 2 is 1.80 bits per heavy atom. The minimum absolute atomic E-state index is 0.0557. The molecular weight excluding hydrogens is 334 g/mol. The first-order chi connectivity index (χ1) is 11.8.